The molecule has 2 aromatic carbocycles. The number of aryl methyl sites for hydroxylation is 1. The molecule has 0 aliphatic heterocycles. The summed E-state index contributed by atoms with van der Waals surface area (Å²) in [6.45, 7) is 1.86. The van der Waals surface area contributed by atoms with Gasteiger partial charge >= 0.3 is 5.97 Å². The molecule has 0 aromatic heterocycles. The summed E-state index contributed by atoms with van der Waals surface area (Å²) < 4.78 is 32.4. The van der Waals surface area contributed by atoms with E-state index in [-0.39, 0.29) is 4.90 Å². The molecule has 0 heterocycles. The van der Waals surface area contributed by atoms with Gasteiger partial charge < -0.3 is 10.5 Å². The SMILES string of the molecule is COC(=O)C(N)C(NS(=O)(=O)c1ccc(C)cc1)c1ccccc1. The molecule has 0 aliphatic rings. The van der Waals surface area contributed by atoms with Crippen molar-refractivity contribution >= 4 is 16.0 Å². The van der Waals surface area contributed by atoms with Crippen LogP contribution in [0.2, 0.25) is 0 Å². The van der Waals surface area contributed by atoms with Gasteiger partial charge in [-0.25, -0.2) is 13.1 Å². The molecule has 2 aromatic rings. The number of hydrogen-bond acceptors (Lipinski definition) is 5. The summed E-state index contributed by atoms with van der Waals surface area (Å²) in [7, 11) is -2.64. The van der Waals surface area contributed by atoms with Gasteiger partial charge in [0.25, 0.3) is 0 Å². The minimum atomic E-state index is -3.85. The zero-order valence-corrected chi connectivity index (χ0v) is 14.3. The highest BCUT2D eigenvalue weighted by atomic mass is 32.2. The fourth-order valence-electron chi connectivity index (χ4n) is 2.23. The highest BCUT2D eigenvalue weighted by molar-refractivity contribution is 7.89. The Labute approximate surface area is 141 Å². The lowest BCUT2D eigenvalue weighted by Crippen LogP contribution is -2.46. The van der Waals surface area contributed by atoms with Gasteiger partial charge in [0, 0.05) is 0 Å². The smallest absolute Gasteiger partial charge is 0.324 e. The first-order chi connectivity index (χ1) is 11.3. The topological polar surface area (TPSA) is 98.5 Å². The van der Waals surface area contributed by atoms with Crippen molar-refractivity contribution in [2.24, 2.45) is 5.73 Å². The second kappa shape index (κ2) is 7.57. The predicted octanol–water partition coefficient (Wildman–Crippen LogP) is 1.51. The molecule has 0 spiro atoms. The van der Waals surface area contributed by atoms with E-state index < -0.39 is 28.1 Å². The number of carbonyl (C=O) groups excluding carboxylic acids is 1. The predicted molar refractivity (Wildman–Crippen MR) is 90.7 cm³/mol. The molecule has 2 atom stereocenters. The van der Waals surface area contributed by atoms with Crippen molar-refractivity contribution in [2.45, 2.75) is 23.9 Å². The summed E-state index contributed by atoms with van der Waals surface area (Å²) in [5, 5.41) is 0. The maximum absolute atomic E-state index is 12.6. The molecule has 0 radical (unpaired) electrons. The Balaban J connectivity index is 2.37. The van der Waals surface area contributed by atoms with Gasteiger partial charge in [-0.3, -0.25) is 4.79 Å². The number of methoxy groups -OCH3 is 1. The molecule has 0 amide bonds. The molecular weight excluding hydrogens is 328 g/mol. The Morgan fingerprint density at radius 2 is 1.67 bits per heavy atom. The van der Waals surface area contributed by atoms with Crippen LogP contribution in [0.15, 0.2) is 59.5 Å². The van der Waals surface area contributed by atoms with Crippen LogP contribution in [0.25, 0.3) is 0 Å². The van der Waals surface area contributed by atoms with Crippen molar-refractivity contribution in [1.29, 1.82) is 0 Å². The fourth-order valence-corrected chi connectivity index (χ4v) is 3.48. The third-order valence-electron chi connectivity index (χ3n) is 3.60. The van der Waals surface area contributed by atoms with Crippen LogP contribution >= 0.6 is 0 Å². The third kappa shape index (κ3) is 4.19. The lowest BCUT2D eigenvalue weighted by atomic mass is 10.0. The van der Waals surface area contributed by atoms with Crippen LogP contribution in [0.4, 0.5) is 0 Å². The van der Waals surface area contributed by atoms with Crippen molar-refractivity contribution in [2.75, 3.05) is 7.11 Å². The maximum atomic E-state index is 12.6. The molecule has 0 bridgehead atoms. The second-order valence-electron chi connectivity index (χ2n) is 5.37. The van der Waals surface area contributed by atoms with Gasteiger partial charge in [-0.05, 0) is 24.6 Å². The van der Waals surface area contributed by atoms with Gasteiger partial charge in [-0.15, -0.1) is 0 Å². The Morgan fingerprint density at radius 3 is 2.21 bits per heavy atom. The van der Waals surface area contributed by atoms with Crippen molar-refractivity contribution in [3.05, 3.63) is 65.7 Å². The second-order valence-corrected chi connectivity index (χ2v) is 7.09. The molecule has 128 valence electrons. The van der Waals surface area contributed by atoms with Crippen LogP contribution in [-0.2, 0) is 19.6 Å². The van der Waals surface area contributed by atoms with E-state index in [9.17, 15) is 13.2 Å². The Hall–Kier alpha value is -2.22. The quantitative estimate of drug-likeness (QED) is 0.771. The van der Waals surface area contributed by atoms with Crippen molar-refractivity contribution in [3.63, 3.8) is 0 Å². The van der Waals surface area contributed by atoms with Gasteiger partial charge in [-0.2, -0.15) is 0 Å². The van der Waals surface area contributed by atoms with Crippen molar-refractivity contribution in [3.8, 4) is 0 Å². The molecule has 6 nitrogen and oxygen atoms in total. The van der Waals surface area contributed by atoms with E-state index in [0.717, 1.165) is 5.56 Å². The monoisotopic (exact) mass is 348 g/mol. The number of benzene rings is 2. The van der Waals surface area contributed by atoms with E-state index in [2.05, 4.69) is 9.46 Å². The lowest BCUT2D eigenvalue weighted by Gasteiger charge is -2.23. The van der Waals surface area contributed by atoms with Crippen LogP contribution < -0.4 is 10.5 Å². The average Bonchev–Trinajstić information content (AvgIpc) is 2.59. The summed E-state index contributed by atoms with van der Waals surface area (Å²) in [4.78, 5) is 11.9. The number of hydrogen-bond donors (Lipinski definition) is 2. The molecule has 24 heavy (non-hydrogen) atoms. The minimum Gasteiger partial charge on any atom is -0.468 e. The number of nitrogens with one attached hydrogen (secondary N) is 1. The van der Waals surface area contributed by atoms with Gasteiger partial charge in [-0.1, -0.05) is 48.0 Å². The highest BCUT2D eigenvalue weighted by Crippen LogP contribution is 2.20. The number of carbonyl (C=O) groups is 1. The standard InChI is InChI=1S/C17H20N2O4S/c1-12-8-10-14(11-9-12)24(21,22)19-16(15(18)17(20)23-2)13-6-4-3-5-7-13/h3-11,15-16,19H,18H2,1-2H3. The fraction of sp³-hybridized carbons (Fsp3) is 0.235. The van der Waals surface area contributed by atoms with Gasteiger partial charge in [0.15, 0.2) is 0 Å². The van der Waals surface area contributed by atoms with E-state index in [0.29, 0.717) is 5.56 Å². The van der Waals surface area contributed by atoms with Gasteiger partial charge in [0.1, 0.15) is 6.04 Å². The summed E-state index contributed by atoms with van der Waals surface area (Å²) in [6.07, 6.45) is 0. The molecule has 2 rings (SSSR count). The number of nitrogens with two attached hydrogens (primary N) is 1. The summed E-state index contributed by atoms with van der Waals surface area (Å²) in [6, 6.07) is 13.0. The zero-order valence-electron chi connectivity index (χ0n) is 13.5. The highest BCUT2D eigenvalue weighted by Gasteiger charge is 2.31. The number of ether oxygens (including phenoxy) is 1. The molecule has 0 fully saturated rings. The number of esters is 1. The molecule has 0 aliphatic carbocycles. The first-order valence-corrected chi connectivity index (χ1v) is 8.81. The Morgan fingerprint density at radius 1 is 1.08 bits per heavy atom. The van der Waals surface area contributed by atoms with Crippen LogP contribution in [0, 0.1) is 6.92 Å². The first kappa shape index (κ1) is 18.1. The lowest BCUT2D eigenvalue weighted by molar-refractivity contribution is -0.142. The first-order valence-electron chi connectivity index (χ1n) is 7.32. The van der Waals surface area contributed by atoms with Crippen LogP contribution in [0.3, 0.4) is 0 Å². The summed E-state index contributed by atoms with van der Waals surface area (Å²) in [5.41, 5.74) is 7.43. The van der Waals surface area contributed by atoms with E-state index in [4.69, 9.17) is 5.73 Å². The van der Waals surface area contributed by atoms with Crippen LogP contribution in [0.5, 0.6) is 0 Å². The maximum Gasteiger partial charge on any atom is 0.324 e. The van der Waals surface area contributed by atoms with Crippen LogP contribution in [0.1, 0.15) is 17.2 Å². The number of sulfonamides is 1. The van der Waals surface area contributed by atoms with Crippen molar-refractivity contribution < 1.29 is 17.9 Å². The molecule has 0 saturated heterocycles. The normalized spacial score (nSPS) is 14.0. The van der Waals surface area contributed by atoms with E-state index in [1.54, 1.807) is 42.5 Å². The summed E-state index contributed by atoms with van der Waals surface area (Å²) in [5.74, 6) is -0.699. The van der Waals surface area contributed by atoms with Gasteiger partial charge in [0.05, 0.1) is 18.0 Å². The molecule has 2 unspecified atom stereocenters. The average molecular weight is 348 g/mol. The molecule has 7 heteroatoms. The van der Waals surface area contributed by atoms with Crippen LogP contribution in [-0.4, -0.2) is 27.5 Å². The molecular formula is C17H20N2O4S. The zero-order chi connectivity index (χ0) is 17.7. The molecule has 0 saturated carbocycles. The Kier molecular flexibility index (Phi) is 5.71. The van der Waals surface area contributed by atoms with E-state index in [1.807, 2.05) is 6.92 Å². The largest absolute Gasteiger partial charge is 0.468 e. The minimum absolute atomic E-state index is 0.103. The van der Waals surface area contributed by atoms with Gasteiger partial charge in [0.2, 0.25) is 10.0 Å². The number of rotatable bonds is 6. The molecule has 3 N–H and O–H groups in total. The van der Waals surface area contributed by atoms with Crippen molar-refractivity contribution in [1.82, 2.24) is 4.72 Å². The van der Waals surface area contributed by atoms with E-state index in [1.165, 1.54) is 19.2 Å². The van der Waals surface area contributed by atoms with E-state index >= 15 is 0 Å². The summed E-state index contributed by atoms with van der Waals surface area (Å²) >= 11 is 0. The third-order valence-corrected chi connectivity index (χ3v) is 5.06. The Bertz CT molecular complexity index is 789.